The Morgan fingerprint density at radius 2 is 2.12 bits per heavy atom. The standard InChI is InChI=1S/C17H18FN3O3S2/c1-3-9-21-15-13(18)5-4-6-14(15)25-17(21)19-16(22)12-7-10-20(11-8-12)26(2,23)24/h1,4-6,12H,7-11H2,2H3. The second-order valence-corrected chi connectivity index (χ2v) is 9.14. The van der Waals surface area contributed by atoms with Crippen molar-refractivity contribution in [3.05, 3.63) is 28.8 Å². The molecule has 1 aliphatic rings. The molecule has 0 atom stereocenters. The number of aromatic nitrogens is 1. The van der Waals surface area contributed by atoms with Gasteiger partial charge in [-0.05, 0) is 25.0 Å². The lowest BCUT2D eigenvalue weighted by Crippen LogP contribution is -2.39. The van der Waals surface area contributed by atoms with Gasteiger partial charge in [-0.1, -0.05) is 23.3 Å². The number of thiazole rings is 1. The number of carbonyl (C=O) groups excluding carboxylic acids is 1. The Balaban J connectivity index is 1.91. The fourth-order valence-corrected chi connectivity index (χ4v) is 4.95. The molecule has 0 radical (unpaired) electrons. The van der Waals surface area contributed by atoms with E-state index in [0.29, 0.717) is 40.9 Å². The average molecular weight is 395 g/mol. The van der Waals surface area contributed by atoms with Crippen LogP contribution < -0.4 is 4.80 Å². The zero-order chi connectivity index (χ0) is 18.9. The van der Waals surface area contributed by atoms with Crippen molar-refractivity contribution in [2.45, 2.75) is 19.4 Å². The van der Waals surface area contributed by atoms with Crippen LogP contribution in [0.2, 0.25) is 0 Å². The first-order valence-corrected chi connectivity index (χ1v) is 10.7. The van der Waals surface area contributed by atoms with Gasteiger partial charge in [-0.2, -0.15) is 4.99 Å². The van der Waals surface area contributed by atoms with Gasteiger partial charge >= 0.3 is 0 Å². The van der Waals surface area contributed by atoms with Crippen LogP contribution in [-0.4, -0.2) is 42.5 Å². The first kappa shape index (κ1) is 18.8. The molecule has 3 rings (SSSR count). The minimum atomic E-state index is -3.24. The number of hydrogen-bond donors (Lipinski definition) is 0. The quantitative estimate of drug-likeness (QED) is 0.741. The number of para-hydroxylation sites is 1. The maximum absolute atomic E-state index is 14.2. The number of carbonyl (C=O) groups is 1. The van der Waals surface area contributed by atoms with Gasteiger partial charge in [0.25, 0.3) is 5.91 Å². The number of rotatable bonds is 3. The summed E-state index contributed by atoms with van der Waals surface area (Å²) in [4.78, 5) is 17.1. The molecule has 0 bridgehead atoms. The number of benzene rings is 1. The first-order valence-electron chi connectivity index (χ1n) is 8.06. The van der Waals surface area contributed by atoms with Crippen molar-refractivity contribution >= 4 is 37.5 Å². The Morgan fingerprint density at radius 1 is 1.42 bits per heavy atom. The highest BCUT2D eigenvalue weighted by Gasteiger charge is 2.29. The SMILES string of the molecule is C#CCn1c(=NC(=O)C2CCN(S(C)(=O)=O)CC2)sc2cccc(F)c21. The van der Waals surface area contributed by atoms with Crippen molar-refractivity contribution in [1.82, 2.24) is 8.87 Å². The molecule has 2 heterocycles. The van der Waals surface area contributed by atoms with E-state index in [1.54, 1.807) is 12.1 Å². The minimum Gasteiger partial charge on any atom is -0.302 e. The predicted molar refractivity (Wildman–Crippen MR) is 98.3 cm³/mol. The number of sulfonamides is 1. The van der Waals surface area contributed by atoms with Gasteiger partial charge in [0, 0.05) is 19.0 Å². The molecule has 0 spiro atoms. The molecule has 1 aliphatic heterocycles. The topological polar surface area (TPSA) is 71.7 Å². The average Bonchev–Trinajstić information content (AvgIpc) is 2.93. The lowest BCUT2D eigenvalue weighted by molar-refractivity contribution is -0.122. The number of piperidine rings is 1. The van der Waals surface area contributed by atoms with E-state index in [1.807, 2.05) is 0 Å². The van der Waals surface area contributed by atoms with E-state index in [1.165, 1.54) is 26.3 Å². The van der Waals surface area contributed by atoms with E-state index in [9.17, 15) is 17.6 Å². The largest absolute Gasteiger partial charge is 0.302 e. The summed E-state index contributed by atoms with van der Waals surface area (Å²) in [6.45, 7) is 0.714. The monoisotopic (exact) mass is 395 g/mol. The van der Waals surface area contributed by atoms with E-state index in [2.05, 4.69) is 10.9 Å². The molecule has 26 heavy (non-hydrogen) atoms. The Morgan fingerprint density at radius 3 is 2.73 bits per heavy atom. The number of hydrogen-bond acceptors (Lipinski definition) is 4. The van der Waals surface area contributed by atoms with Crippen molar-refractivity contribution in [2.24, 2.45) is 10.9 Å². The second kappa shape index (κ2) is 7.31. The lowest BCUT2D eigenvalue weighted by Gasteiger charge is -2.28. The summed E-state index contributed by atoms with van der Waals surface area (Å²) in [5, 5.41) is 0. The molecule has 1 fully saturated rings. The van der Waals surface area contributed by atoms with Crippen LogP contribution in [0.4, 0.5) is 4.39 Å². The van der Waals surface area contributed by atoms with Crippen molar-refractivity contribution in [3.8, 4) is 12.3 Å². The van der Waals surface area contributed by atoms with Gasteiger partial charge < -0.3 is 4.57 Å². The van der Waals surface area contributed by atoms with Gasteiger partial charge in [0.2, 0.25) is 10.0 Å². The number of terminal acetylenes is 1. The smallest absolute Gasteiger partial charge is 0.251 e. The van der Waals surface area contributed by atoms with E-state index in [0.717, 1.165) is 6.26 Å². The zero-order valence-electron chi connectivity index (χ0n) is 14.2. The normalized spacial score (nSPS) is 17.5. The summed E-state index contributed by atoms with van der Waals surface area (Å²) in [7, 11) is -3.24. The van der Waals surface area contributed by atoms with E-state index >= 15 is 0 Å². The number of amides is 1. The predicted octanol–water partition coefficient (Wildman–Crippen LogP) is 1.57. The summed E-state index contributed by atoms with van der Waals surface area (Å²) < 4.78 is 40.8. The van der Waals surface area contributed by atoms with Gasteiger partial charge in [0.15, 0.2) is 4.80 Å². The van der Waals surface area contributed by atoms with Crippen molar-refractivity contribution in [1.29, 1.82) is 0 Å². The van der Waals surface area contributed by atoms with Crippen LogP contribution in [0, 0.1) is 24.1 Å². The van der Waals surface area contributed by atoms with Crippen LogP contribution >= 0.6 is 11.3 Å². The van der Waals surface area contributed by atoms with E-state index < -0.39 is 15.8 Å². The molecule has 0 N–H and O–H groups in total. The third-order valence-corrected chi connectivity index (χ3v) is 6.73. The molecule has 0 unspecified atom stereocenters. The van der Waals surface area contributed by atoms with Crippen molar-refractivity contribution < 1.29 is 17.6 Å². The first-order chi connectivity index (χ1) is 12.3. The Labute approximate surface area is 155 Å². The molecule has 138 valence electrons. The highest BCUT2D eigenvalue weighted by Crippen LogP contribution is 2.22. The molecule has 2 aromatic rings. The molecule has 9 heteroatoms. The Kier molecular flexibility index (Phi) is 5.27. The number of nitrogens with zero attached hydrogens (tertiary/aromatic N) is 3. The molecule has 1 amide bonds. The van der Waals surface area contributed by atoms with Gasteiger partial charge in [0.1, 0.15) is 5.82 Å². The van der Waals surface area contributed by atoms with Gasteiger partial charge in [-0.25, -0.2) is 17.1 Å². The van der Waals surface area contributed by atoms with Crippen LogP contribution in [0.1, 0.15) is 12.8 Å². The summed E-state index contributed by atoms with van der Waals surface area (Å²) in [6, 6.07) is 4.69. The summed E-state index contributed by atoms with van der Waals surface area (Å²) in [6.07, 6.45) is 7.38. The minimum absolute atomic E-state index is 0.111. The molecule has 0 saturated carbocycles. The Bertz CT molecular complexity index is 1060. The molecule has 1 aromatic heterocycles. The number of halogens is 1. The highest BCUT2D eigenvalue weighted by molar-refractivity contribution is 7.88. The van der Waals surface area contributed by atoms with Crippen LogP contribution in [0.25, 0.3) is 10.2 Å². The molecule has 1 saturated heterocycles. The summed E-state index contributed by atoms with van der Waals surface area (Å²) in [5.74, 6) is 1.38. The fourth-order valence-electron chi connectivity index (χ4n) is 3.03. The summed E-state index contributed by atoms with van der Waals surface area (Å²) in [5.41, 5.74) is 0.342. The van der Waals surface area contributed by atoms with Crippen LogP contribution in [-0.2, 0) is 21.4 Å². The van der Waals surface area contributed by atoms with Crippen molar-refractivity contribution in [3.63, 3.8) is 0 Å². The van der Waals surface area contributed by atoms with Crippen molar-refractivity contribution in [2.75, 3.05) is 19.3 Å². The summed E-state index contributed by atoms with van der Waals surface area (Å²) >= 11 is 1.21. The van der Waals surface area contributed by atoms with Crippen LogP contribution in [0.15, 0.2) is 23.2 Å². The van der Waals surface area contributed by atoms with Crippen LogP contribution in [0.3, 0.4) is 0 Å². The third kappa shape index (κ3) is 3.72. The fraction of sp³-hybridized carbons (Fsp3) is 0.412. The second-order valence-electron chi connectivity index (χ2n) is 6.15. The maximum Gasteiger partial charge on any atom is 0.251 e. The lowest BCUT2D eigenvalue weighted by atomic mass is 9.98. The molecule has 6 nitrogen and oxygen atoms in total. The highest BCUT2D eigenvalue weighted by atomic mass is 32.2. The third-order valence-electron chi connectivity index (χ3n) is 4.38. The molecular weight excluding hydrogens is 377 g/mol. The Hall–Kier alpha value is -2.02. The molecule has 0 aliphatic carbocycles. The van der Waals surface area contributed by atoms with Gasteiger partial charge in [-0.3, -0.25) is 4.79 Å². The van der Waals surface area contributed by atoms with E-state index in [4.69, 9.17) is 6.42 Å². The maximum atomic E-state index is 14.2. The molecular formula is C17H18FN3O3S2. The van der Waals surface area contributed by atoms with Gasteiger partial charge in [-0.15, -0.1) is 6.42 Å². The van der Waals surface area contributed by atoms with E-state index in [-0.39, 0.29) is 18.4 Å². The number of fused-ring (bicyclic) bond motifs is 1. The van der Waals surface area contributed by atoms with Crippen LogP contribution in [0.5, 0.6) is 0 Å². The molecule has 1 aromatic carbocycles. The zero-order valence-corrected chi connectivity index (χ0v) is 15.8. The van der Waals surface area contributed by atoms with Gasteiger partial charge in [0.05, 0.1) is 23.0 Å².